The van der Waals surface area contributed by atoms with Gasteiger partial charge in [0.05, 0.1) is 5.92 Å². The van der Waals surface area contributed by atoms with Crippen LogP contribution in [0.2, 0.25) is 0 Å². The second-order valence-electron chi connectivity index (χ2n) is 6.97. The highest BCUT2D eigenvalue weighted by atomic mass is 32.1. The molecule has 4 rings (SSSR count). The summed E-state index contributed by atoms with van der Waals surface area (Å²) < 4.78 is 13.1. The first-order chi connectivity index (χ1) is 13.7. The first-order valence-corrected chi connectivity index (χ1v) is 10.2. The molecule has 7 heteroatoms. The summed E-state index contributed by atoms with van der Waals surface area (Å²) in [6.45, 7) is 2.35. The summed E-state index contributed by atoms with van der Waals surface area (Å²) in [6, 6.07) is 16.3. The van der Waals surface area contributed by atoms with Crippen molar-refractivity contribution < 1.29 is 9.18 Å². The smallest absolute Gasteiger partial charge is 0.230 e. The number of rotatable bonds is 5. The Morgan fingerprint density at radius 2 is 1.93 bits per heavy atom. The summed E-state index contributed by atoms with van der Waals surface area (Å²) in [5.41, 5.74) is 2.04. The lowest BCUT2D eigenvalue weighted by Crippen LogP contribution is -2.40. The van der Waals surface area contributed by atoms with Crippen molar-refractivity contribution in [3.8, 4) is 10.6 Å². The zero-order valence-corrected chi connectivity index (χ0v) is 16.2. The molecule has 1 saturated heterocycles. The predicted octanol–water partition coefficient (Wildman–Crippen LogP) is 4.19. The van der Waals surface area contributed by atoms with E-state index in [1.165, 1.54) is 23.5 Å². The number of carbonyl (C=O) groups is 1. The Morgan fingerprint density at radius 3 is 2.71 bits per heavy atom. The fourth-order valence-electron chi connectivity index (χ4n) is 3.44. The molecule has 0 radical (unpaired) electrons. The van der Waals surface area contributed by atoms with Crippen molar-refractivity contribution in [1.29, 1.82) is 0 Å². The molecule has 0 spiro atoms. The van der Waals surface area contributed by atoms with Crippen molar-refractivity contribution in [2.75, 3.05) is 18.4 Å². The summed E-state index contributed by atoms with van der Waals surface area (Å²) in [6.07, 6.45) is 1.82. The van der Waals surface area contributed by atoms with Gasteiger partial charge >= 0.3 is 0 Å². The lowest BCUT2D eigenvalue weighted by atomic mass is 9.97. The van der Waals surface area contributed by atoms with E-state index < -0.39 is 0 Å². The van der Waals surface area contributed by atoms with Crippen molar-refractivity contribution in [1.82, 2.24) is 15.1 Å². The number of nitrogens with one attached hydrogen (secondary N) is 1. The highest BCUT2D eigenvalue weighted by molar-refractivity contribution is 7.18. The van der Waals surface area contributed by atoms with Crippen LogP contribution in [0.5, 0.6) is 0 Å². The number of hydrogen-bond acceptors (Lipinski definition) is 5. The van der Waals surface area contributed by atoms with Crippen LogP contribution in [-0.2, 0) is 11.3 Å². The maximum atomic E-state index is 13.1. The van der Waals surface area contributed by atoms with E-state index in [0.717, 1.165) is 42.1 Å². The first kappa shape index (κ1) is 18.7. The van der Waals surface area contributed by atoms with Gasteiger partial charge < -0.3 is 5.32 Å². The molecular weight excluding hydrogens is 375 g/mol. The van der Waals surface area contributed by atoms with Gasteiger partial charge in [0.15, 0.2) is 0 Å². The molecular formula is C21H21FN4OS. The van der Waals surface area contributed by atoms with Gasteiger partial charge in [0.2, 0.25) is 11.0 Å². The number of nitrogens with zero attached hydrogens (tertiary/aromatic N) is 3. The molecule has 0 saturated carbocycles. The van der Waals surface area contributed by atoms with Crippen molar-refractivity contribution in [2.24, 2.45) is 5.92 Å². The van der Waals surface area contributed by atoms with E-state index in [1.54, 1.807) is 12.1 Å². The van der Waals surface area contributed by atoms with E-state index in [9.17, 15) is 9.18 Å². The van der Waals surface area contributed by atoms with Gasteiger partial charge in [0, 0.05) is 18.7 Å². The number of piperidine rings is 1. The minimum Gasteiger partial charge on any atom is -0.300 e. The molecule has 0 aliphatic carbocycles. The van der Waals surface area contributed by atoms with E-state index in [1.807, 2.05) is 30.3 Å². The largest absolute Gasteiger partial charge is 0.300 e. The highest BCUT2D eigenvalue weighted by Gasteiger charge is 2.26. The van der Waals surface area contributed by atoms with Crippen LogP contribution in [-0.4, -0.2) is 34.1 Å². The van der Waals surface area contributed by atoms with Gasteiger partial charge in [-0.3, -0.25) is 9.69 Å². The minimum atomic E-state index is -0.230. The van der Waals surface area contributed by atoms with Gasteiger partial charge in [-0.1, -0.05) is 53.8 Å². The fraction of sp³-hybridized carbons (Fsp3) is 0.286. The highest BCUT2D eigenvalue weighted by Crippen LogP contribution is 2.27. The zero-order chi connectivity index (χ0) is 19.3. The third-order valence-electron chi connectivity index (χ3n) is 4.87. The standard InChI is InChI=1S/C21H21FN4OS/c22-18-10-8-15(9-11-18)13-26-12-4-7-17(14-26)19(27)23-21-25-24-20(28-21)16-5-2-1-3-6-16/h1-3,5-6,8-11,17H,4,7,12-14H2,(H,23,25,27)/t17-/m1/s1. The van der Waals surface area contributed by atoms with Gasteiger partial charge in [-0.15, -0.1) is 10.2 Å². The minimum absolute atomic E-state index is 0.0143. The summed E-state index contributed by atoms with van der Waals surface area (Å²) in [7, 11) is 0. The number of benzene rings is 2. The van der Waals surface area contributed by atoms with E-state index in [0.29, 0.717) is 11.7 Å². The van der Waals surface area contributed by atoms with Gasteiger partial charge in [-0.2, -0.15) is 0 Å². The molecule has 5 nitrogen and oxygen atoms in total. The Hall–Kier alpha value is -2.64. The molecule has 1 fully saturated rings. The monoisotopic (exact) mass is 396 g/mol. The molecule has 2 aromatic carbocycles. The average molecular weight is 396 g/mol. The first-order valence-electron chi connectivity index (χ1n) is 9.34. The van der Waals surface area contributed by atoms with Crippen LogP contribution in [0, 0.1) is 11.7 Å². The molecule has 1 aliphatic heterocycles. The Labute approximate surface area is 167 Å². The normalized spacial score (nSPS) is 17.4. The number of hydrogen-bond donors (Lipinski definition) is 1. The molecule has 28 heavy (non-hydrogen) atoms. The molecule has 2 heterocycles. The Balaban J connectivity index is 1.35. The maximum Gasteiger partial charge on any atom is 0.230 e. The zero-order valence-electron chi connectivity index (χ0n) is 15.3. The van der Waals surface area contributed by atoms with Gasteiger partial charge in [0.1, 0.15) is 10.8 Å². The SMILES string of the molecule is O=C(Nc1nnc(-c2ccccc2)s1)[C@@H]1CCCN(Cc2ccc(F)cc2)C1. The van der Waals surface area contributed by atoms with Crippen LogP contribution >= 0.6 is 11.3 Å². The topological polar surface area (TPSA) is 58.1 Å². The maximum absolute atomic E-state index is 13.1. The van der Waals surface area contributed by atoms with E-state index in [4.69, 9.17) is 0 Å². The number of anilines is 1. The van der Waals surface area contributed by atoms with Gasteiger partial charge in [-0.05, 0) is 37.1 Å². The summed E-state index contributed by atoms with van der Waals surface area (Å²) >= 11 is 1.38. The van der Waals surface area contributed by atoms with Crippen molar-refractivity contribution >= 4 is 22.4 Å². The van der Waals surface area contributed by atoms with E-state index in [-0.39, 0.29) is 17.6 Å². The lowest BCUT2D eigenvalue weighted by molar-refractivity contribution is -0.121. The van der Waals surface area contributed by atoms with Crippen LogP contribution < -0.4 is 5.32 Å². The van der Waals surface area contributed by atoms with Crippen LogP contribution in [0.4, 0.5) is 9.52 Å². The van der Waals surface area contributed by atoms with Crippen LogP contribution in [0.15, 0.2) is 54.6 Å². The van der Waals surface area contributed by atoms with E-state index in [2.05, 4.69) is 20.4 Å². The summed E-state index contributed by atoms with van der Waals surface area (Å²) in [5.74, 6) is -0.329. The lowest BCUT2D eigenvalue weighted by Gasteiger charge is -2.31. The Morgan fingerprint density at radius 1 is 1.14 bits per heavy atom. The second-order valence-corrected chi connectivity index (χ2v) is 7.95. The molecule has 1 aromatic heterocycles. The van der Waals surface area contributed by atoms with Crippen LogP contribution in [0.25, 0.3) is 10.6 Å². The van der Waals surface area contributed by atoms with Crippen LogP contribution in [0.1, 0.15) is 18.4 Å². The summed E-state index contributed by atoms with van der Waals surface area (Å²) in [4.78, 5) is 15.0. The molecule has 1 amide bonds. The molecule has 0 unspecified atom stereocenters. The number of amides is 1. The third-order valence-corrected chi connectivity index (χ3v) is 5.76. The fourth-order valence-corrected chi connectivity index (χ4v) is 4.19. The second kappa shape index (κ2) is 8.58. The van der Waals surface area contributed by atoms with Gasteiger partial charge in [0.25, 0.3) is 0 Å². The van der Waals surface area contributed by atoms with Crippen molar-refractivity contribution in [3.63, 3.8) is 0 Å². The van der Waals surface area contributed by atoms with Crippen molar-refractivity contribution in [2.45, 2.75) is 19.4 Å². The van der Waals surface area contributed by atoms with Gasteiger partial charge in [-0.25, -0.2) is 4.39 Å². The average Bonchev–Trinajstić information content (AvgIpc) is 3.19. The number of aromatic nitrogens is 2. The van der Waals surface area contributed by atoms with Crippen molar-refractivity contribution in [3.05, 3.63) is 66.0 Å². The quantitative estimate of drug-likeness (QED) is 0.702. The summed E-state index contributed by atoms with van der Waals surface area (Å²) in [5, 5.41) is 12.5. The molecule has 1 aliphatic rings. The number of likely N-dealkylation sites (tertiary alicyclic amines) is 1. The Kier molecular flexibility index (Phi) is 5.73. The van der Waals surface area contributed by atoms with Crippen LogP contribution in [0.3, 0.4) is 0 Å². The number of halogens is 1. The molecule has 1 atom stereocenters. The number of carbonyl (C=O) groups excluding carboxylic acids is 1. The molecule has 0 bridgehead atoms. The van der Waals surface area contributed by atoms with E-state index >= 15 is 0 Å². The third kappa shape index (κ3) is 4.61. The molecule has 144 valence electrons. The molecule has 3 aromatic rings. The molecule has 1 N–H and O–H groups in total. The Bertz CT molecular complexity index is 929. The predicted molar refractivity (Wildman–Crippen MR) is 108 cm³/mol.